The first kappa shape index (κ1) is 23.4. The van der Waals surface area contributed by atoms with Crippen LogP contribution >= 0.6 is 11.3 Å². The molecule has 3 aromatic rings. The number of nitro benzene ring substituents is 1. The molecule has 1 aliphatic heterocycles. The van der Waals surface area contributed by atoms with Gasteiger partial charge in [-0.15, -0.1) is 11.3 Å². The zero-order valence-electron chi connectivity index (χ0n) is 18.7. The number of carbonyl (C=O) groups is 2. The van der Waals surface area contributed by atoms with E-state index in [2.05, 4.69) is 4.98 Å². The van der Waals surface area contributed by atoms with Crippen LogP contribution in [0.2, 0.25) is 0 Å². The van der Waals surface area contributed by atoms with Crippen LogP contribution in [0.4, 0.5) is 22.2 Å². The van der Waals surface area contributed by atoms with Crippen LogP contribution in [0.25, 0.3) is 0 Å². The first-order chi connectivity index (χ1) is 16.4. The standard InChI is InChI=1S/C24H24N4O5S/c1-17(29)27(20-8-4-2-5-9-20)24-25-19(16-34-24)15-33-23(30)18-10-11-21(22(14-18)28(31)32)26-12-6-3-7-13-26/h2,4-5,8-11,14,16H,3,6-7,12-13,15H2,1H3. The monoisotopic (exact) mass is 480 g/mol. The molecule has 0 bridgehead atoms. The number of carbonyl (C=O) groups excluding carboxylic acids is 2. The minimum absolute atomic E-state index is 0.104. The largest absolute Gasteiger partial charge is 0.456 e. The smallest absolute Gasteiger partial charge is 0.338 e. The predicted octanol–water partition coefficient (Wildman–Crippen LogP) is 5.08. The first-order valence-electron chi connectivity index (χ1n) is 10.9. The number of nitrogens with zero attached hydrogens (tertiary/aromatic N) is 4. The summed E-state index contributed by atoms with van der Waals surface area (Å²) in [5, 5.41) is 13.8. The molecule has 0 atom stereocenters. The van der Waals surface area contributed by atoms with Crippen molar-refractivity contribution in [1.29, 1.82) is 0 Å². The van der Waals surface area contributed by atoms with Crippen molar-refractivity contribution in [3.63, 3.8) is 0 Å². The number of amides is 1. The van der Waals surface area contributed by atoms with Crippen LogP contribution in [0.3, 0.4) is 0 Å². The lowest BCUT2D eigenvalue weighted by Gasteiger charge is -2.28. The Bertz CT molecular complexity index is 1190. The summed E-state index contributed by atoms with van der Waals surface area (Å²) in [5.41, 5.74) is 1.70. The van der Waals surface area contributed by atoms with Gasteiger partial charge < -0.3 is 9.64 Å². The average Bonchev–Trinajstić information content (AvgIpc) is 3.31. The van der Waals surface area contributed by atoms with Crippen LogP contribution < -0.4 is 9.80 Å². The molecule has 1 aliphatic rings. The molecular weight excluding hydrogens is 456 g/mol. The van der Waals surface area contributed by atoms with Crippen molar-refractivity contribution < 1.29 is 19.2 Å². The van der Waals surface area contributed by atoms with E-state index in [4.69, 9.17) is 4.74 Å². The number of hydrogen-bond donors (Lipinski definition) is 0. The van der Waals surface area contributed by atoms with Crippen molar-refractivity contribution in [3.8, 4) is 0 Å². The van der Waals surface area contributed by atoms with Gasteiger partial charge in [-0.2, -0.15) is 0 Å². The van der Waals surface area contributed by atoms with E-state index in [1.165, 1.54) is 29.2 Å². The molecule has 1 saturated heterocycles. The van der Waals surface area contributed by atoms with Crippen LogP contribution in [-0.4, -0.2) is 34.9 Å². The second kappa shape index (κ2) is 10.4. The molecule has 0 N–H and O–H groups in total. The van der Waals surface area contributed by atoms with Gasteiger partial charge in [0.1, 0.15) is 12.3 Å². The predicted molar refractivity (Wildman–Crippen MR) is 130 cm³/mol. The Morgan fingerprint density at radius 1 is 1.15 bits per heavy atom. The molecule has 9 nitrogen and oxygen atoms in total. The number of benzene rings is 2. The van der Waals surface area contributed by atoms with Crippen LogP contribution in [0.5, 0.6) is 0 Å². The summed E-state index contributed by atoms with van der Waals surface area (Å²) < 4.78 is 5.36. The second-order valence-corrected chi connectivity index (χ2v) is 8.73. The number of rotatable bonds is 7. The Balaban J connectivity index is 1.46. The molecule has 34 heavy (non-hydrogen) atoms. The summed E-state index contributed by atoms with van der Waals surface area (Å²) >= 11 is 1.26. The molecule has 10 heteroatoms. The molecule has 1 amide bonds. The van der Waals surface area contributed by atoms with E-state index in [9.17, 15) is 19.7 Å². The van der Waals surface area contributed by atoms with Crippen molar-refractivity contribution in [2.45, 2.75) is 32.8 Å². The molecule has 4 rings (SSSR count). The summed E-state index contributed by atoms with van der Waals surface area (Å²) in [7, 11) is 0. The van der Waals surface area contributed by atoms with Gasteiger partial charge in [0.2, 0.25) is 5.91 Å². The highest BCUT2D eigenvalue weighted by Crippen LogP contribution is 2.32. The number of anilines is 3. The Labute approximate surface area is 200 Å². The minimum Gasteiger partial charge on any atom is -0.456 e. The Kier molecular flexibility index (Phi) is 7.17. The van der Waals surface area contributed by atoms with E-state index in [1.807, 2.05) is 35.2 Å². The lowest BCUT2D eigenvalue weighted by atomic mass is 10.1. The summed E-state index contributed by atoms with van der Waals surface area (Å²) in [6.07, 6.45) is 3.09. The number of ether oxygens (including phenoxy) is 1. The highest BCUT2D eigenvalue weighted by atomic mass is 32.1. The van der Waals surface area contributed by atoms with Crippen LogP contribution in [-0.2, 0) is 16.1 Å². The molecule has 0 unspecified atom stereocenters. The SMILES string of the molecule is CC(=O)N(c1ccccc1)c1nc(COC(=O)c2ccc(N3CCCCC3)c([N+](=O)[O-])c2)cs1. The van der Waals surface area contributed by atoms with Gasteiger partial charge in [0.15, 0.2) is 5.13 Å². The quantitative estimate of drug-likeness (QED) is 0.264. The number of aromatic nitrogens is 1. The Morgan fingerprint density at radius 3 is 2.56 bits per heavy atom. The van der Waals surface area contributed by atoms with E-state index >= 15 is 0 Å². The molecule has 1 aromatic heterocycles. The van der Waals surface area contributed by atoms with Gasteiger partial charge >= 0.3 is 5.97 Å². The van der Waals surface area contributed by atoms with Gasteiger partial charge in [-0.1, -0.05) is 18.2 Å². The topological polar surface area (TPSA) is 106 Å². The number of esters is 1. The number of nitro groups is 1. The van der Waals surface area contributed by atoms with Gasteiger partial charge in [-0.3, -0.25) is 19.8 Å². The molecule has 2 heterocycles. The van der Waals surface area contributed by atoms with Crippen molar-refractivity contribution in [3.05, 3.63) is 75.3 Å². The van der Waals surface area contributed by atoms with Gasteiger partial charge in [-0.25, -0.2) is 9.78 Å². The van der Waals surface area contributed by atoms with Crippen molar-refractivity contribution in [1.82, 2.24) is 4.98 Å². The van der Waals surface area contributed by atoms with Crippen LogP contribution in [0.15, 0.2) is 53.9 Å². The number of thiazole rings is 1. The molecular formula is C24H24N4O5S. The van der Waals surface area contributed by atoms with Crippen LogP contribution in [0.1, 0.15) is 42.2 Å². The van der Waals surface area contributed by atoms with Gasteiger partial charge in [0.05, 0.1) is 21.9 Å². The third kappa shape index (κ3) is 5.23. The molecule has 1 fully saturated rings. The van der Waals surface area contributed by atoms with Crippen molar-refractivity contribution in [2.75, 3.05) is 22.9 Å². The average molecular weight is 481 g/mol. The van der Waals surface area contributed by atoms with E-state index < -0.39 is 10.9 Å². The normalized spacial score (nSPS) is 13.4. The molecule has 2 aromatic carbocycles. The van der Waals surface area contributed by atoms with Gasteiger partial charge in [-0.05, 0) is 43.5 Å². The fourth-order valence-corrected chi connectivity index (χ4v) is 4.76. The lowest BCUT2D eigenvalue weighted by Crippen LogP contribution is -2.30. The van der Waals surface area contributed by atoms with E-state index in [0.29, 0.717) is 22.2 Å². The van der Waals surface area contributed by atoms with E-state index in [0.717, 1.165) is 32.4 Å². The summed E-state index contributed by atoms with van der Waals surface area (Å²) in [4.78, 5) is 43.9. The fraction of sp³-hybridized carbons (Fsp3) is 0.292. The summed E-state index contributed by atoms with van der Waals surface area (Å²) in [5.74, 6) is -0.862. The van der Waals surface area contributed by atoms with E-state index in [1.54, 1.807) is 17.5 Å². The zero-order chi connectivity index (χ0) is 24.1. The zero-order valence-corrected chi connectivity index (χ0v) is 19.5. The lowest BCUT2D eigenvalue weighted by molar-refractivity contribution is -0.384. The Morgan fingerprint density at radius 2 is 1.88 bits per heavy atom. The molecule has 0 aliphatic carbocycles. The molecule has 0 radical (unpaired) electrons. The van der Waals surface area contributed by atoms with Gasteiger partial charge in [0.25, 0.3) is 5.69 Å². The first-order valence-corrected chi connectivity index (χ1v) is 11.8. The summed E-state index contributed by atoms with van der Waals surface area (Å²) in [6, 6.07) is 13.6. The minimum atomic E-state index is -0.672. The third-order valence-electron chi connectivity index (χ3n) is 5.52. The molecule has 0 spiro atoms. The van der Waals surface area contributed by atoms with Crippen molar-refractivity contribution in [2.24, 2.45) is 0 Å². The maximum atomic E-state index is 12.6. The van der Waals surface area contributed by atoms with Crippen molar-refractivity contribution >= 4 is 45.4 Å². The fourth-order valence-electron chi connectivity index (χ4n) is 3.89. The maximum Gasteiger partial charge on any atom is 0.338 e. The number of hydrogen-bond acceptors (Lipinski definition) is 8. The highest BCUT2D eigenvalue weighted by molar-refractivity contribution is 7.14. The van der Waals surface area contributed by atoms with Crippen LogP contribution in [0, 0.1) is 10.1 Å². The number of piperidine rings is 1. The third-order valence-corrected chi connectivity index (χ3v) is 6.39. The summed E-state index contributed by atoms with van der Waals surface area (Å²) in [6.45, 7) is 2.86. The molecule has 176 valence electrons. The number of para-hydroxylation sites is 1. The highest BCUT2D eigenvalue weighted by Gasteiger charge is 2.24. The molecule has 0 saturated carbocycles. The van der Waals surface area contributed by atoms with Gasteiger partial charge in [0, 0.05) is 31.5 Å². The Hall–Kier alpha value is -3.79. The second-order valence-electron chi connectivity index (χ2n) is 7.90. The van der Waals surface area contributed by atoms with E-state index in [-0.39, 0.29) is 23.8 Å². The maximum absolute atomic E-state index is 12.6.